The van der Waals surface area contributed by atoms with Crippen molar-refractivity contribution < 1.29 is 9.90 Å². The Hall–Kier alpha value is -1.94. The molecule has 0 aliphatic carbocycles. The highest BCUT2D eigenvalue weighted by atomic mass is 35.5. The second-order valence-electron chi connectivity index (χ2n) is 3.56. The highest BCUT2D eigenvalue weighted by molar-refractivity contribution is 6.29. The summed E-state index contributed by atoms with van der Waals surface area (Å²) < 4.78 is 0. The van der Waals surface area contributed by atoms with Crippen LogP contribution < -0.4 is 0 Å². The third kappa shape index (κ3) is 2.42. The molecule has 17 heavy (non-hydrogen) atoms. The van der Waals surface area contributed by atoms with Gasteiger partial charge in [-0.05, 0) is 24.6 Å². The summed E-state index contributed by atoms with van der Waals surface area (Å²) in [7, 11) is 0. The van der Waals surface area contributed by atoms with Gasteiger partial charge in [0.1, 0.15) is 5.15 Å². The number of hydrogen-bond acceptors (Lipinski definition) is 3. The molecule has 1 aromatic carbocycles. The molecule has 2 rings (SSSR count). The van der Waals surface area contributed by atoms with Crippen LogP contribution in [0.3, 0.4) is 0 Å². The predicted molar refractivity (Wildman–Crippen MR) is 64.2 cm³/mol. The summed E-state index contributed by atoms with van der Waals surface area (Å²) in [5.41, 5.74) is 2.53. The first-order chi connectivity index (χ1) is 8.08. The van der Waals surface area contributed by atoms with Crippen LogP contribution in [0.25, 0.3) is 11.3 Å². The van der Waals surface area contributed by atoms with E-state index in [0.717, 1.165) is 11.1 Å². The summed E-state index contributed by atoms with van der Waals surface area (Å²) in [6.45, 7) is 1.82. The molecular formula is C12H9ClN2O2. The van der Waals surface area contributed by atoms with Crippen molar-refractivity contribution in [1.29, 1.82) is 0 Å². The normalized spacial score (nSPS) is 10.2. The van der Waals surface area contributed by atoms with Gasteiger partial charge < -0.3 is 5.11 Å². The first-order valence-corrected chi connectivity index (χ1v) is 5.27. The van der Waals surface area contributed by atoms with E-state index >= 15 is 0 Å². The maximum absolute atomic E-state index is 10.8. The van der Waals surface area contributed by atoms with E-state index < -0.39 is 5.97 Å². The van der Waals surface area contributed by atoms with Crippen LogP contribution in [-0.2, 0) is 0 Å². The molecule has 0 unspecified atom stereocenters. The van der Waals surface area contributed by atoms with Gasteiger partial charge in [-0.25, -0.2) is 9.78 Å². The summed E-state index contributed by atoms with van der Waals surface area (Å²) in [6, 6.07) is 4.84. The highest BCUT2D eigenvalue weighted by Crippen LogP contribution is 2.22. The van der Waals surface area contributed by atoms with Gasteiger partial charge >= 0.3 is 5.97 Å². The fourth-order valence-electron chi connectivity index (χ4n) is 1.56. The van der Waals surface area contributed by atoms with E-state index in [4.69, 9.17) is 16.7 Å². The molecule has 0 amide bonds. The van der Waals surface area contributed by atoms with Crippen LogP contribution in [0.1, 0.15) is 15.9 Å². The number of aromatic carboxylic acids is 1. The van der Waals surface area contributed by atoms with Crippen molar-refractivity contribution in [1.82, 2.24) is 9.97 Å². The molecule has 0 spiro atoms. The Bertz CT molecular complexity index is 584. The molecule has 1 heterocycles. The zero-order chi connectivity index (χ0) is 12.4. The molecule has 0 aliphatic rings. The Labute approximate surface area is 103 Å². The van der Waals surface area contributed by atoms with Crippen LogP contribution in [-0.4, -0.2) is 21.0 Å². The summed E-state index contributed by atoms with van der Waals surface area (Å²) in [4.78, 5) is 18.9. The minimum absolute atomic E-state index is 0.251. The van der Waals surface area contributed by atoms with E-state index in [1.54, 1.807) is 18.3 Å². The van der Waals surface area contributed by atoms with Gasteiger partial charge in [0.05, 0.1) is 23.7 Å². The first-order valence-electron chi connectivity index (χ1n) is 4.90. The van der Waals surface area contributed by atoms with Crippen molar-refractivity contribution in [3.63, 3.8) is 0 Å². The van der Waals surface area contributed by atoms with Crippen LogP contribution in [0.15, 0.2) is 30.6 Å². The molecule has 0 saturated heterocycles. The quantitative estimate of drug-likeness (QED) is 0.888. The van der Waals surface area contributed by atoms with Crippen molar-refractivity contribution in [3.05, 3.63) is 46.9 Å². The maximum atomic E-state index is 10.8. The average Bonchev–Trinajstić information content (AvgIpc) is 2.28. The van der Waals surface area contributed by atoms with Gasteiger partial charge in [-0.2, -0.15) is 0 Å². The van der Waals surface area contributed by atoms with Gasteiger partial charge in [-0.15, -0.1) is 0 Å². The Morgan fingerprint density at radius 2 is 2.12 bits per heavy atom. The average molecular weight is 249 g/mol. The zero-order valence-corrected chi connectivity index (χ0v) is 9.77. The molecular weight excluding hydrogens is 240 g/mol. The largest absolute Gasteiger partial charge is 0.478 e. The molecule has 2 aromatic rings. The number of aryl methyl sites for hydroxylation is 1. The van der Waals surface area contributed by atoms with E-state index in [0.29, 0.717) is 10.8 Å². The van der Waals surface area contributed by atoms with Gasteiger partial charge in [0.15, 0.2) is 0 Å². The van der Waals surface area contributed by atoms with Gasteiger partial charge in [-0.3, -0.25) is 4.98 Å². The Morgan fingerprint density at radius 1 is 1.35 bits per heavy atom. The molecule has 5 heteroatoms. The Kier molecular flexibility index (Phi) is 3.06. The molecule has 1 aromatic heterocycles. The number of halogens is 1. The summed E-state index contributed by atoms with van der Waals surface area (Å²) in [5, 5.41) is 9.18. The monoisotopic (exact) mass is 248 g/mol. The summed E-state index contributed by atoms with van der Waals surface area (Å²) in [6.07, 6.45) is 3.04. The highest BCUT2D eigenvalue weighted by Gasteiger charge is 2.08. The minimum atomic E-state index is -0.947. The molecule has 1 N–H and O–H groups in total. The molecule has 4 nitrogen and oxygen atoms in total. The predicted octanol–water partition coefficient (Wildman–Crippen LogP) is 2.80. The van der Waals surface area contributed by atoms with Crippen LogP contribution >= 0.6 is 11.6 Å². The topological polar surface area (TPSA) is 63.1 Å². The molecule has 0 fully saturated rings. The summed E-state index contributed by atoms with van der Waals surface area (Å²) in [5.74, 6) is -0.947. The number of carboxylic acids is 1. The Morgan fingerprint density at radius 3 is 2.71 bits per heavy atom. The lowest BCUT2D eigenvalue weighted by atomic mass is 10.0. The van der Waals surface area contributed by atoms with Gasteiger partial charge in [0, 0.05) is 5.56 Å². The molecule has 0 atom stereocenters. The molecule has 0 radical (unpaired) electrons. The van der Waals surface area contributed by atoms with Crippen molar-refractivity contribution in [2.24, 2.45) is 0 Å². The second-order valence-corrected chi connectivity index (χ2v) is 3.95. The zero-order valence-electron chi connectivity index (χ0n) is 9.01. The molecule has 86 valence electrons. The lowest BCUT2D eigenvalue weighted by Gasteiger charge is -2.06. The van der Waals surface area contributed by atoms with E-state index in [-0.39, 0.29) is 5.56 Å². The lowest BCUT2D eigenvalue weighted by molar-refractivity contribution is 0.0697. The number of carbonyl (C=O) groups is 1. The SMILES string of the molecule is Cc1cc(C(=O)O)ccc1-c1cncc(Cl)n1. The van der Waals surface area contributed by atoms with Crippen LogP contribution in [0.2, 0.25) is 5.15 Å². The van der Waals surface area contributed by atoms with E-state index in [2.05, 4.69) is 9.97 Å². The van der Waals surface area contributed by atoms with Gasteiger partial charge in [0.25, 0.3) is 0 Å². The van der Waals surface area contributed by atoms with Gasteiger partial charge in [-0.1, -0.05) is 17.7 Å². The van der Waals surface area contributed by atoms with Crippen LogP contribution in [0.5, 0.6) is 0 Å². The first kappa shape index (κ1) is 11.5. The third-order valence-corrected chi connectivity index (χ3v) is 2.54. The smallest absolute Gasteiger partial charge is 0.335 e. The third-order valence-electron chi connectivity index (χ3n) is 2.35. The standard InChI is InChI=1S/C12H9ClN2O2/c1-7-4-8(12(16)17)2-3-9(7)10-5-14-6-11(13)15-10/h2-6H,1H3,(H,16,17). The number of nitrogens with zero attached hydrogens (tertiary/aromatic N) is 2. The minimum Gasteiger partial charge on any atom is -0.478 e. The van der Waals surface area contributed by atoms with Crippen molar-refractivity contribution in [2.75, 3.05) is 0 Å². The van der Waals surface area contributed by atoms with E-state index in [9.17, 15) is 4.79 Å². The van der Waals surface area contributed by atoms with Crippen molar-refractivity contribution >= 4 is 17.6 Å². The van der Waals surface area contributed by atoms with Crippen molar-refractivity contribution in [2.45, 2.75) is 6.92 Å². The van der Waals surface area contributed by atoms with Crippen LogP contribution in [0, 0.1) is 6.92 Å². The number of rotatable bonds is 2. The molecule has 0 aliphatic heterocycles. The number of carboxylic acid groups (broad SMARTS) is 1. The Balaban J connectivity index is 2.50. The second kappa shape index (κ2) is 4.51. The van der Waals surface area contributed by atoms with Gasteiger partial charge in [0.2, 0.25) is 0 Å². The van der Waals surface area contributed by atoms with E-state index in [1.165, 1.54) is 12.3 Å². The molecule has 0 bridgehead atoms. The summed E-state index contributed by atoms with van der Waals surface area (Å²) >= 11 is 5.76. The number of aromatic nitrogens is 2. The van der Waals surface area contributed by atoms with Crippen LogP contribution in [0.4, 0.5) is 0 Å². The fourth-order valence-corrected chi connectivity index (χ4v) is 1.70. The van der Waals surface area contributed by atoms with E-state index in [1.807, 2.05) is 6.92 Å². The lowest BCUT2D eigenvalue weighted by Crippen LogP contribution is -1.98. The fraction of sp³-hybridized carbons (Fsp3) is 0.0833. The van der Waals surface area contributed by atoms with Crippen molar-refractivity contribution in [3.8, 4) is 11.3 Å². The number of hydrogen-bond donors (Lipinski definition) is 1. The maximum Gasteiger partial charge on any atom is 0.335 e. The number of benzene rings is 1. The molecule has 0 saturated carbocycles.